The summed E-state index contributed by atoms with van der Waals surface area (Å²) in [5, 5.41) is 14.4. The van der Waals surface area contributed by atoms with Crippen molar-refractivity contribution in [3.8, 4) is 5.75 Å². The zero-order valence-electron chi connectivity index (χ0n) is 13.9. The molecule has 0 radical (unpaired) electrons. The first-order valence-electron chi connectivity index (χ1n) is 7.52. The minimum Gasteiger partial charge on any atom is -0.492 e. The Morgan fingerprint density at radius 1 is 1.32 bits per heavy atom. The Morgan fingerprint density at radius 2 is 2.08 bits per heavy atom. The first-order chi connectivity index (χ1) is 11.9. The molecule has 0 saturated heterocycles. The Morgan fingerprint density at radius 3 is 2.72 bits per heavy atom. The number of nitro groups is 1. The highest BCUT2D eigenvalue weighted by atomic mass is 35.5. The van der Waals surface area contributed by atoms with Crippen molar-refractivity contribution in [1.82, 2.24) is 4.90 Å². The smallest absolute Gasteiger partial charge is 0.270 e. The number of nitro benzene ring substituents is 1. The Labute approximate surface area is 150 Å². The number of anilines is 1. The second kappa shape index (κ2) is 8.34. The maximum Gasteiger partial charge on any atom is 0.270 e. The average Bonchev–Trinajstić information content (AvgIpc) is 2.60. The molecule has 0 bridgehead atoms. The number of amides is 1. The molecule has 2 aromatic carbocycles. The van der Waals surface area contributed by atoms with Gasteiger partial charge in [-0.15, -0.1) is 0 Å². The van der Waals surface area contributed by atoms with Crippen molar-refractivity contribution >= 4 is 28.9 Å². The van der Waals surface area contributed by atoms with E-state index in [0.29, 0.717) is 23.0 Å². The van der Waals surface area contributed by atoms with E-state index in [9.17, 15) is 14.9 Å². The van der Waals surface area contributed by atoms with Crippen LogP contribution in [0.15, 0.2) is 42.5 Å². The number of likely N-dealkylation sites (N-methyl/N-ethyl adjacent to an activating group) is 1. The van der Waals surface area contributed by atoms with Crippen molar-refractivity contribution in [1.29, 1.82) is 0 Å². The van der Waals surface area contributed by atoms with E-state index in [1.165, 1.54) is 23.1 Å². The summed E-state index contributed by atoms with van der Waals surface area (Å²) >= 11 is 5.88. The molecule has 8 heteroatoms. The molecule has 0 aromatic heterocycles. The van der Waals surface area contributed by atoms with Gasteiger partial charge in [-0.05, 0) is 24.3 Å². The molecule has 0 spiro atoms. The third-order valence-corrected chi connectivity index (χ3v) is 3.79. The Kier molecular flexibility index (Phi) is 6.19. The van der Waals surface area contributed by atoms with Gasteiger partial charge in [0.1, 0.15) is 12.4 Å². The number of hydrogen-bond donors (Lipinski definition) is 1. The highest BCUT2D eigenvalue weighted by Gasteiger charge is 2.19. The van der Waals surface area contributed by atoms with Crippen LogP contribution in [0.2, 0.25) is 5.02 Å². The van der Waals surface area contributed by atoms with Crippen LogP contribution >= 0.6 is 11.6 Å². The molecule has 1 N–H and O–H groups in total. The minimum absolute atomic E-state index is 0.133. The number of nitrogens with zero attached hydrogens (tertiary/aromatic N) is 2. The second-order valence-corrected chi connectivity index (χ2v) is 5.71. The summed E-state index contributed by atoms with van der Waals surface area (Å²) in [7, 11) is 3.27. The number of ether oxygens (including phenoxy) is 1. The van der Waals surface area contributed by atoms with E-state index in [1.54, 1.807) is 38.4 Å². The molecule has 1 amide bonds. The van der Waals surface area contributed by atoms with Crippen molar-refractivity contribution < 1.29 is 14.5 Å². The molecule has 0 unspecified atom stereocenters. The van der Waals surface area contributed by atoms with Crippen LogP contribution in [0.25, 0.3) is 0 Å². The van der Waals surface area contributed by atoms with Crippen LogP contribution in [0.1, 0.15) is 10.4 Å². The molecule has 0 atom stereocenters. The SMILES string of the molecule is CNc1ccc([N+](=O)[O-])cc1C(=O)N(C)CCOc1cccc(Cl)c1. The van der Waals surface area contributed by atoms with E-state index >= 15 is 0 Å². The van der Waals surface area contributed by atoms with Gasteiger partial charge >= 0.3 is 0 Å². The third kappa shape index (κ3) is 4.84. The number of benzene rings is 2. The van der Waals surface area contributed by atoms with Crippen molar-refractivity contribution in [2.45, 2.75) is 0 Å². The summed E-state index contributed by atoms with van der Waals surface area (Å²) in [6, 6.07) is 11.1. The first kappa shape index (κ1) is 18.5. The number of rotatable bonds is 7. The average molecular weight is 364 g/mol. The molecule has 0 heterocycles. The molecule has 0 aliphatic heterocycles. The van der Waals surface area contributed by atoms with Gasteiger partial charge < -0.3 is 15.0 Å². The van der Waals surface area contributed by atoms with Crippen molar-refractivity contribution in [2.75, 3.05) is 32.6 Å². The van der Waals surface area contributed by atoms with Gasteiger partial charge in [0.05, 0.1) is 17.0 Å². The number of nitrogens with one attached hydrogen (secondary N) is 1. The standard InChI is InChI=1S/C17H18ClN3O4/c1-19-16-7-6-13(21(23)24)11-15(16)17(22)20(2)8-9-25-14-5-3-4-12(18)10-14/h3-7,10-11,19H,8-9H2,1-2H3. The van der Waals surface area contributed by atoms with Gasteiger partial charge in [0.25, 0.3) is 11.6 Å². The molecule has 0 aliphatic rings. The highest BCUT2D eigenvalue weighted by molar-refractivity contribution is 6.30. The molecule has 0 saturated carbocycles. The first-order valence-corrected chi connectivity index (χ1v) is 7.90. The zero-order chi connectivity index (χ0) is 18.4. The summed E-state index contributed by atoms with van der Waals surface area (Å²) in [6.07, 6.45) is 0. The maximum absolute atomic E-state index is 12.6. The van der Waals surface area contributed by atoms with Crippen LogP contribution in [0, 0.1) is 10.1 Å². The van der Waals surface area contributed by atoms with E-state index in [0.717, 1.165) is 0 Å². The lowest BCUT2D eigenvalue weighted by Crippen LogP contribution is -2.31. The van der Waals surface area contributed by atoms with Gasteiger partial charge in [0.15, 0.2) is 0 Å². The summed E-state index contributed by atoms with van der Waals surface area (Å²) < 4.78 is 5.56. The lowest BCUT2D eigenvalue weighted by atomic mass is 10.1. The lowest BCUT2D eigenvalue weighted by Gasteiger charge is -2.19. The molecular weight excluding hydrogens is 346 g/mol. The van der Waals surface area contributed by atoms with E-state index < -0.39 is 4.92 Å². The predicted octanol–water partition coefficient (Wildman–Crippen LogP) is 3.44. The van der Waals surface area contributed by atoms with Crippen LogP contribution in [0.4, 0.5) is 11.4 Å². The maximum atomic E-state index is 12.6. The fourth-order valence-corrected chi connectivity index (χ4v) is 2.39. The van der Waals surface area contributed by atoms with Gasteiger partial charge in [-0.1, -0.05) is 17.7 Å². The number of hydrogen-bond acceptors (Lipinski definition) is 5. The fourth-order valence-electron chi connectivity index (χ4n) is 2.21. The summed E-state index contributed by atoms with van der Waals surface area (Å²) in [5.74, 6) is 0.280. The van der Waals surface area contributed by atoms with E-state index in [4.69, 9.17) is 16.3 Å². The van der Waals surface area contributed by atoms with E-state index in [-0.39, 0.29) is 23.8 Å². The van der Waals surface area contributed by atoms with Gasteiger partial charge in [0.2, 0.25) is 0 Å². The Balaban J connectivity index is 2.04. The highest BCUT2D eigenvalue weighted by Crippen LogP contribution is 2.23. The molecule has 25 heavy (non-hydrogen) atoms. The summed E-state index contributed by atoms with van der Waals surface area (Å²) in [6.45, 7) is 0.587. The van der Waals surface area contributed by atoms with Gasteiger partial charge in [-0.2, -0.15) is 0 Å². The molecule has 132 valence electrons. The topological polar surface area (TPSA) is 84.7 Å². The summed E-state index contributed by atoms with van der Waals surface area (Å²) in [4.78, 5) is 24.4. The quantitative estimate of drug-likeness (QED) is 0.601. The van der Waals surface area contributed by atoms with Crippen molar-refractivity contribution in [3.63, 3.8) is 0 Å². The molecular formula is C17H18ClN3O4. The number of halogens is 1. The Bertz CT molecular complexity index is 782. The Hall–Kier alpha value is -2.80. The van der Waals surface area contributed by atoms with Crippen molar-refractivity contribution in [2.24, 2.45) is 0 Å². The van der Waals surface area contributed by atoms with Crippen LogP contribution < -0.4 is 10.1 Å². The monoisotopic (exact) mass is 363 g/mol. The zero-order valence-corrected chi connectivity index (χ0v) is 14.6. The second-order valence-electron chi connectivity index (χ2n) is 5.27. The van der Waals surface area contributed by atoms with Crippen molar-refractivity contribution in [3.05, 3.63) is 63.2 Å². The van der Waals surface area contributed by atoms with Crippen LogP contribution in [0.5, 0.6) is 5.75 Å². The van der Waals surface area contributed by atoms with Gasteiger partial charge in [0, 0.05) is 36.9 Å². The number of carbonyl (C=O) groups excluding carboxylic acids is 1. The number of carbonyl (C=O) groups is 1. The normalized spacial score (nSPS) is 10.2. The largest absolute Gasteiger partial charge is 0.492 e. The minimum atomic E-state index is -0.529. The van der Waals surface area contributed by atoms with Crippen LogP contribution in [-0.2, 0) is 0 Å². The molecule has 2 aromatic rings. The third-order valence-electron chi connectivity index (χ3n) is 3.55. The lowest BCUT2D eigenvalue weighted by molar-refractivity contribution is -0.384. The van der Waals surface area contributed by atoms with Gasteiger partial charge in [-0.25, -0.2) is 0 Å². The molecule has 0 fully saturated rings. The van der Waals surface area contributed by atoms with Crippen LogP contribution in [0.3, 0.4) is 0 Å². The van der Waals surface area contributed by atoms with E-state index in [1.807, 2.05) is 0 Å². The van der Waals surface area contributed by atoms with E-state index in [2.05, 4.69) is 5.32 Å². The molecule has 2 rings (SSSR count). The fraction of sp³-hybridized carbons (Fsp3) is 0.235. The van der Waals surface area contributed by atoms with Gasteiger partial charge in [-0.3, -0.25) is 14.9 Å². The number of non-ortho nitro benzene ring substituents is 1. The molecule has 7 nitrogen and oxygen atoms in total. The predicted molar refractivity (Wildman–Crippen MR) is 96.6 cm³/mol. The van der Waals surface area contributed by atoms with Crippen LogP contribution in [-0.4, -0.2) is 43.0 Å². The molecule has 0 aliphatic carbocycles. The summed E-state index contributed by atoms with van der Waals surface area (Å²) in [5.41, 5.74) is 0.631.